The first kappa shape index (κ1) is 21.1. The summed E-state index contributed by atoms with van der Waals surface area (Å²) >= 11 is 1.59. The van der Waals surface area contributed by atoms with Gasteiger partial charge in [-0.05, 0) is 50.1 Å². The van der Waals surface area contributed by atoms with Crippen molar-refractivity contribution in [2.75, 3.05) is 13.1 Å². The van der Waals surface area contributed by atoms with Crippen molar-refractivity contribution < 1.29 is 18.7 Å². The van der Waals surface area contributed by atoms with Gasteiger partial charge in [0, 0.05) is 30.0 Å². The Bertz CT molecular complexity index is 1020. The van der Waals surface area contributed by atoms with Gasteiger partial charge in [0.15, 0.2) is 0 Å². The summed E-state index contributed by atoms with van der Waals surface area (Å²) in [6.45, 7) is 3.83. The van der Waals surface area contributed by atoms with Crippen LogP contribution < -0.4 is 10.1 Å². The molecule has 1 aliphatic heterocycles. The first-order valence-electron chi connectivity index (χ1n) is 10.3. The van der Waals surface area contributed by atoms with Gasteiger partial charge in [-0.2, -0.15) is 0 Å². The minimum atomic E-state index is -0.0877. The fraction of sp³-hybridized carbons (Fsp3) is 0.348. The molecule has 0 unspecified atom stereocenters. The summed E-state index contributed by atoms with van der Waals surface area (Å²) in [5.74, 6) is 1.26. The number of nitrogens with zero attached hydrogens (tertiary/aromatic N) is 2. The molecule has 0 radical (unpaired) electrons. The lowest BCUT2D eigenvalue weighted by molar-refractivity contribution is -0.126. The fourth-order valence-corrected chi connectivity index (χ4v) is 4.21. The highest BCUT2D eigenvalue weighted by molar-refractivity contribution is 7.09. The van der Waals surface area contributed by atoms with E-state index >= 15 is 0 Å². The number of rotatable bonds is 7. The van der Waals surface area contributed by atoms with Crippen LogP contribution in [0.15, 0.2) is 52.5 Å². The van der Waals surface area contributed by atoms with Crippen LogP contribution in [-0.2, 0) is 17.9 Å². The lowest BCUT2D eigenvalue weighted by Gasteiger charge is -2.31. The molecular formula is C23H25N3O4S. The van der Waals surface area contributed by atoms with Gasteiger partial charge in [-0.25, -0.2) is 4.98 Å². The second-order valence-corrected chi connectivity index (χ2v) is 8.60. The van der Waals surface area contributed by atoms with Gasteiger partial charge in [-0.1, -0.05) is 6.07 Å². The average molecular weight is 440 g/mol. The van der Waals surface area contributed by atoms with Crippen molar-refractivity contribution in [3.63, 3.8) is 0 Å². The number of aryl methyl sites for hydroxylation is 1. The molecular weight excluding hydrogens is 414 g/mol. The third-order valence-electron chi connectivity index (χ3n) is 5.30. The fourth-order valence-electron chi connectivity index (χ4n) is 3.61. The normalized spacial score (nSPS) is 14.4. The van der Waals surface area contributed by atoms with Crippen LogP contribution >= 0.6 is 11.3 Å². The molecule has 7 nitrogen and oxygen atoms in total. The second kappa shape index (κ2) is 9.78. The lowest BCUT2D eigenvalue weighted by atomic mass is 9.95. The van der Waals surface area contributed by atoms with E-state index in [-0.39, 0.29) is 17.7 Å². The van der Waals surface area contributed by atoms with Crippen molar-refractivity contribution in [3.8, 4) is 5.75 Å². The smallest absolute Gasteiger partial charge is 0.253 e. The molecule has 1 saturated heterocycles. The van der Waals surface area contributed by atoms with Crippen molar-refractivity contribution in [2.24, 2.45) is 5.92 Å². The SMILES string of the molecule is Cc1nc(COc2cccc(C(=O)N3CCC(C(=O)NCc4ccco4)CC3)c2)cs1. The molecule has 1 fully saturated rings. The Morgan fingerprint density at radius 2 is 2.10 bits per heavy atom. The summed E-state index contributed by atoms with van der Waals surface area (Å²) in [6.07, 6.45) is 2.88. The van der Waals surface area contributed by atoms with Gasteiger partial charge in [0.05, 0.1) is 23.5 Å². The molecule has 0 saturated carbocycles. The average Bonchev–Trinajstić information content (AvgIpc) is 3.47. The summed E-state index contributed by atoms with van der Waals surface area (Å²) in [6, 6.07) is 10.9. The van der Waals surface area contributed by atoms with Gasteiger partial charge >= 0.3 is 0 Å². The number of thiazole rings is 1. The Balaban J connectivity index is 1.27. The second-order valence-electron chi connectivity index (χ2n) is 7.54. The maximum Gasteiger partial charge on any atom is 0.253 e. The van der Waals surface area contributed by atoms with Crippen LogP contribution in [0.4, 0.5) is 0 Å². The van der Waals surface area contributed by atoms with E-state index in [4.69, 9.17) is 9.15 Å². The van der Waals surface area contributed by atoms with Crippen molar-refractivity contribution in [1.29, 1.82) is 0 Å². The van der Waals surface area contributed by atoms with Gasteiger partial charge in [-0.3, -0.25) is 9.59 Å². The van der Waals surface area contributed by atoms with Crippen molar-refractivity contribution >= 4 is 23.2 Å². The maximum atomic E-state index is 12.9. The molecule has 2 aromatic heterocycles. The zero-order chi connectivity index (χ0) is 21.6. The molecule has 0 aliphatic carbocycles. The number of carbonyl (C=O) groups is 2. The summed E-state index contributed by atoms with van der Waals surface area (Å²) < 4.78 is 11.0. The summed E-state index contributed by atoms with van der Waals surface area (Å²) in [5, 5.41) is 5.88. The number of ether oxygens (including phenoxy) is 1. The molecule has 0 atom stereocenters. The van der Waals surface area contributed by atoms with E-state index in [0.717, 1.165) is 16.5 Å². The first-order chi connectivity index (χ1) is 15.1. The molecule has 3 aromatic rings. The number of carbonyl (C=O) groups excluding carboxylic acids is 2. The highest BCUT2D eigenvalue weighted by Gasteiger charge is 2.28. The number of nitrogens with one attached hydrogen (secondary N) is 1. The third kappa shape index (κ3) is 5.52. The van der Waals surface area contributed by atoms with Crippen LogP contribution in [-0.4, -0.2) is 34.8 Å². The van der Waals surface area contributed by atoms with Gasteiger partial charge in [-0.15, -0.1) is 11.3 Å². The number of benzene rings is 1. The van der Waals surface area contributed by atoms with E-state index < -0.39 is 0 Å². The molecule has 2 amide bonds. The molecule has 1 aliphatic rings. The molecule has 1 aromatic carbocycles. The van der Waals surface area contributed by atoms with Crippen LogP contribution in [0.25, 0.3) is 0 Å². The molecule has 162 valence electrons. The molecule has 1 N–H and O–H groups in total. The van der Waals surface area contributed by atoms with Crippen molar-refractivity contribution in [1.82, 2.24) is 15.2 Å². The minimum Gasteiger partial charge on any atom is -0.487 e. The Hall–Kier alpha value is -3.13. The molecule has 4 rings (SSSR count). The predicted octanol–water partition coefficient (Wildman–Crippen LogP) is 3.79. The summed E-state index contributed by atoms with van der Waals surface area (Å²) in [5.41, 5.74) is 1.47. The van der Waals surface area contributed by atoms with Crippen LogP contribution in [0.2, 0.25) is 0 Å². The highest BCUT2D eigenvalue weighted by Crippen LogP contribution is 2.22. The predicted molar refractivity (Wildman–Crippen MR) is 117 cm³/mol. The quantitative estimate of drug-likeness (QED) is 0.605. The number of aromatic nitrogens is 1. The van der Waals surface area contributed by atoms with Gasteiger partial charge in [0.1, 0.15) is 18.1 Å². The summed E-state index contributed by atoms with van der Waals surface area (Å²) in [4.78, 5) is 31.5. The number of piperidine rings is 1. The number of likely N-dealkylation sites (tertiary alicyclic amines) is 1. The van der Waals surface area contributed by atoms with E-state index in [1.165, 1.54) is 0 Å². The van der Waals surface area contributed by atoms with E-state index in [1.54, 1.807) is 40.7 Å². The Labute approximate surface area is 185 Å². The zero-order valence-electron chi connectivity index (χ0n) is 17.4. The van der Waals surface area contributed by atoms with Crippen LogP contribution in [0.1, 0.15) is 39.7 Å². The van der Waals surface area contributed by atoms with E-state index in [1.807, 2.05) is 30.5 Å². The Morgan fingerprint density at radius 3 is 2.81 bits per heavy atom. The van der Waals surface area contributed by atoms with E-state index in [2.05, 4.69) is 10.3 Å². The first-order valence-corrected chi connectivity index (χ1v) is 11.2. The number of amides is 2. The topological polar surface area (TPSA) is 84.7 Å². The summed E-state index contributed by atoms with van der Waals surface area (Å²) in [7, 11) is 0. The molecule has 0 bridgehead atoms. The monoisotopic (exact) mass is 439 g/mol. The molecule has 8 heteroatoms. The highest BCUT2D eigenvalue weighted by atomic mass is 32.1. The van der Waals surface area contributed by atoms with Crippen molar-refractivity contribution in [3.05, 3.63) is 70.1 Å². The lowest BCUT2D eigenvalue weighted by Crippen LogP contribution is -2.42. The maximum absolute atomic E-state index is 12.9. The van der Waals surface area contributed by atoms with E-state index in [9.17, 15) is 9.59 Å². The van der Waals surface area contributed by atoms with Crippen LogP contribution in [0.3, 0.4) is 0 Å². The van der Waals surface area contributed by atoms with Crippen LogP contribution in [0, 0.1) is 12.8 Å². The molecule has 0 spiro atoms. The standard InChI is InChI=1S/C23H25N3O4S/c1-16-25-19(15-31-16)14-30-20-5-2-4-18(12-20)23(28)26-9-7-17(8-10-26)22(27)24-13-21-6-3-11-29-21/h2-6,11-12,15,17H,7-10,13-14H2,1H3,(H,24,27). The Morgan fingerprint density at radius 1 is 1.26 bits per heavy atom. The number of furan rings is 1. The van der Waals surface area contributed by atoms with E-state index in [0.29, 0.717) is 50.4 Å². The van der Waals surface area contributed by atoms with Gasteiger partial charge < -0.3 is 19.4 Å². The van der Waals surface area contributed by atoms with Crippen molar-refractivity contribution in [2.45, 2.75) is 32.9 Å². The zero-order valence-corrected chi connectivity index (χ0v) is 18.2. The largest absolute Gasteiger partial charge is 0.487 e. The van der Waals surface area contributed by atoms with Gasteiger partial charge in [0.25, 0.3) is 5.91 Å². The number of hydrogen-bond donors (Lipinski definition) is 1. The molecule has 3 heterocycles. The Kier molecular flexibility index (Phi) is 6.66. The number of hydrogen-bond acceptors (Lipinski definition) is 6. The third-order valence-corrected chi connectivity index (χ3v) is 6.13. The van der Waals surface area contributed by atoms with Crippen LogP contribution in [0.5, 0.6) is 5.75 Å². The molecule has 31 heavy (non-hydrogen) atoms. The minimum absolute atomic E-state index is 0.0103. The van der Waals surface area contributed by atoms with Gasteiger partial charge in [0.2, 0.25) is 5.91 Å².